The Morgan fingerprint density at radius 3 is 2.69 bits per heavy atom. The van der Waals surface area contributed by atoms with Gasteiger partial charge in [-0.25, -0.2) is 0 Å². The van der Waals surface area contributed by atoms with Gasteiger partial charge in [-0.2, -0.15) is 0 Å². The van der Waals surface area contributed by atoms with E-state index in [0.717, 1.165) is 19.0 Å². The molecule has 2 heteroatoms. The lowest BCUT2D eigenvalue weighted by Crippen LogP contribution is -2.23. The average molecular weight is 197 g/mol. The maximum absolute atomic E-state index is 3.42. The Morgan fingerprint density at radius 1 is 1.46 bits per heavy atom. The third kappa shape index (κ3) is 3.12. The normalized spacial score (nSPS) is 13.5. The monoisotopic (exact) mass is 197 g/mol. The van der Waals surface area contributed by atoms with Crippen LogP contribution < -0.4 is 5.32 Å². The topological polar surface area (TPSA) is 12.0 Å². The lowest BCUT2D eigenvalue weighted by Gasteiger charge is -2.19. The summed E-state index contributed by atoms with van der Waals surface area (Å²) in [5.74, 6) is 1.40. The zero-order valence-electron chi connectivity index (χ0n) is 8.71. The first-order valence-electron chi connectivity index (χ1n) is 4.99. The van der Waals surface area contributed by atoms with Crippen LogP contribution >= 0.6 is 11.3 Å². The molecule has 0 saturated heterocycles. The molecule has 1 rings (SSSR count). The molecule has 1 N–H and O–H groups in total. The van der Waals surface area contributed by atoms with Gasteiger partial charge < -0.3 is 5.32 Å². The van der Waals surface area contributed by atoms with Crippen molar-refractivity contribution in [2.45, 2.75) is 26.7 Å². The molecule has 0 amide bonds. The second-order valence-electron chi connectivity index (χ2n) is 3.67. The highest BCUT2D eigenvalue weighted by Gasteiger charge is 2.15. The SMILES string of the molecule is CCNCC(c1cccs1)C(C)C. The van der Waals surface area contributed by atoms with E-state index in [0.29, 0.717) is 5.92 Å². The molecule has 0 saturated carbocycles. The maximum atomic E-state index is 3.42. The van der Waals surface area contributed by atoms with Gasteiger partial charge in [0.1, 0.15) is 0 Å². The highest BCUT2D eigenvalue weighted by atomic mass is 32.1. The highest BCUT2D eigenvalue weighted by molar-refractivity contribution is 7.10. The summed E-state index contributed by atoms with van der Waals surface area (Å²) in [4.78, 5) is 1.51. The summed E-state index contributed by atoms with van der Waals surface area (Å²) < 4.78 is 0. The van der Waals surface area contributed by atoms with Crippen LogP contribution in [0.15, 0.2) is 17.5 Å². The Labute approximate surface area is 85.2 Å². The van der Waals surface area contributed by atoms with Gasteiger partial charge in [0.2, 0.25) is 0 Å². The van der Waals surface area contributed by atoms with Crippen LogP contribution in [-0.2, 0) is 0 Å². The van der Waals surface area contributed by atoms with E-state index >= 15 is 0 Å². The lowest BCUT2D eigenvalue weighted by molar-refractivity contribution is 0.473. The molecule has 1 aromatic heterocycles. The van der Waals surface area contributed by atoms with Gasteiger partial charge >= 0.3 is 0 Å². The van der Waals surface area contributed by atoms with Crippen LogP contribution in [0, 0.1) is 5.92 Å². The molecule has 0 spiro atoms. The Morgan fingerprint density at radius 2 is 2.23 bits per heavy atom. The molecule has 0 aliphatic rings. The lowest BCUT2D eigenvalue weighted by atomic mass is 9.94. The van der Waals surface area contributed by atoms with Crippen molar-refractivity contribution in [3.05, 3.63) is 22.4 Å². The third-order valence-corrected chi connectivity index (χ3v) is 3.33. The molecular formula is C11H19NS. The Kier molecular flexibility index (Phi) is 4.46. The van der Waals surface area contributed by atoms with Crippen molar-refractivity contribution >= 4 is 11.3 Å². The molecule has 1 unspecified atom stereocenters. The first-order valence-corrected chi connectivity index (χ1v) is 5.87. The van der Waals surface area contributed by atoms with E-state index in [2.05, 4.69) is 43.6 Å². The maximum Gasteiger partial charge on any atom is 0.00914 e. The van der Waals surface area contributed by atoms with Crippen molar-refractivity contribution in [2.24, 2.45) is 5.92 Å². The number of hydrogen-bond donors (Lipinski definition) is 1. The summed E-state index contributed by atoms with van der Waals surface area (Å²) in [5, 5.41) is 5.59. The van der Waals surface area contributed by atoms with Gasteiger partial charge in [0.05, 0.1) is 0 Å². The summed E-state index contributed by atoms with van der Waals surface area (Å²) in [5.41, 5.74) is 0. The zero-order chi connectivity index (χ0) is 9.68. The van der Waals surface area contributed by atoms with Gasteiger partial charge in [0, 0.05) is 17.3 Å². The number of thiophene rings is 1. The van der Waals surface area contributed by atoms with E-state index < -0.39 is 0 Å². The van der Waals surface area contributed by atoms with Gasteiger partial charge in [-0.3, -0.25) is 0 Å². The van der Waals surface area contributed by atoms with E-state index in [4.69, 9.17) is 0 Å². The first-order chi connectivity index (χ1) is 6.25. The van der Waals surface area contributed by atoms with E-state index in [1.54, 1.807) is 0 Å². The second kappa shape index (κ2) is 5.40. The van der Waals surface area contributed by atoms with Crippen LogP contribution in [0.1, 0.15) is 31.6 Å². The molecule has 0 radical (unpaired) electrons. The van der Waals surface area contributed by atoms with Crippen LogP contribution in [0.4, 0.5) is 0 Å². The van der Waals surface area contributed by atoms with Gasteiger partial charge in [0.15, 0.2) is 0 Å². The summed E-state index contributed by atoms with van der Waals surface area (Å²) >= 11 is 1.87. The smallest absolute Gasteiger partial charge is 0.00914 e. The molecule has 1 atom stereocenters. The molecule has 0 fully saturated rings. The van der Waals surface area contributed by atoms with Crippen LogP contribution in [0.2, 0.25) is 0 Å². The Hall–Kier alpha value is -0.340. The van der Waals surface area contributed by atoms with Gasteiger partial charge in [0.25, 0.3) is 0 Å². The minimum absolute atomic E-state index is 0.681. The van der Waals surface area contributed by atoms with Crippen LogP contribution in [0.5, 0.6) is 0 Å². The molecule has 1 heterocycles. The minimum Gasteiger partial charge on any atom is -0.316 e. The van der Waals surface area contributed by atoms with Crippen LogP contribution in [0.3, 0.4) is 0 Å². The highest BCUT2D eigenvalue weighted by Crippen LogP contribution is 2.27. The molecule has 1 nitrogen and oxygen atoms in total. The fourth-order valence-corrected chi connectivity index (χ4v) is 2.47. The molecular weight excluding hydrogens is 178 g/mol. The standard InChI is InChI=1S/C11H19NS/c1-4-12-8-10(9(2)3)11-6-5-7-13-11/h5-7,9-10,12H,4,8H2,1-3H3. The predicted molar refractivity (Wildman–Crippen MR) is 60.4 cm³/mol. The number of likely N-dealkylation sites (N-methyl/N-ethyl adjacent to an activating group) is 1. The predicted octanol–water partition coefficient (Wildman–Crippen LogP) is 3.10. The zero-order valence-corrected chi connectivity index (χ0v) is 9.53. The second-order valence-corrected chi connectivity index (χ2v) is 4.65. The number of hydrogen-bond acceptors (Lipinski definition) is 2. The molecule has 0 aliphatic heterocycles. The number of nitrogens with one attached hydrogen (secondary N) is 1. The van der Waals surface area contributed by atoms with Crippen molar-refractivity contribution in [1.82, 2.24) is 5.32 Å². The van der Waals surface area contributed by atoms with Crippen LogP contribution in [0.25, 0.3) is 0 Å². The molecule has 1 aromatic rings. The Balaban J connectivity index is 2.58. The van der Waals surface area contributed by atoms with Crippen molar-refractivity contribution in [2.75, 3.05) is 13.1 Å². The van der Waals surface area contributed by atoms with E-state index in [1.165, 1.54) is 4.88 Å². The quantitative estimate of drug-likeness (QED) is 0.765. The molecule has 13 heavy (non-hydrogen) atoms. The molecule has 0 bridgehead atoms. The first kappa shape index (κ1) is 10.7. The molecule has 74 valence electrons. The van der Waals surface area contributed by atoms with E-state index in [9.17, 15) is 0 Å². The van der Waals surface area contributed by atoms with Gasteiger partial charge in [-0.1, -0.05) is 26.8 Å². The summed E-state index contributed by atoms with van der Waals surface area (Å²) in [6.07, 6.45) is 0. The fraction of sp³-hybridized carbons (Fsp3) is 0.636. The summed E-state index contributed by atoms with van der Waals surface area (Å²) in [6.45, 7) is 8.92. The van der Waals surface area contributed by atoms with Crippen LogP contribution in [-0.4, -0.2) is 13.1 Å². The number of rotatable bonds is 5. The average Bonchev–Trinajstić information content (AvgIpc) is 2.57. The van der Waals surface area contributed by atoms with Crippen molar-refractivity contribution in [3.63, 3.8) is 0 Å². The van der Waals surface area contributed by atoms with Gasteiger partial charge in [-0.05, 0) is 23.9 Å². The summed E-state index contributed by atoms with van der Waals surface area (Å²) in [6, 6.07) is 4.38. The van der Waals surface area contributed by atoms with E-state index in [-0.39, 0.29) is 0 Å². The molecule has 0 aromatic carbocycles. The van der Waals surface area contributed by atoms with E-state index in [1.807, 2.05) is 11.3 Å². The van der Waals surface area contributed by atoms with Crippen molar-refractivity contribution in [3.8, 4) is 0 Å². The third-order valence-electron chi connectivity index (χ3n) is 2.33. The largest absolute Gasteiger partial charge is 0.316 e. The fourth-order valence-electron chi connectivity index (χ4n) is 1.47. The van der Waals surface area contributed by atoms with Gasteiger partial charge in [-0.15, -0.1) is 11.3 Å². The summed E-state index contributed by atoms with van der Waals surface area (Å²) in [7, 11) is 0. The van der Waals surface area contributed by atoms with Crippen molar-refractivity contribution < 1.29 is 0 Å². The molecule has 0 aliphatic carbocycles. The Bertz CT molecular complexity index is 216. The van der Waals surface area contributed by atoms with Crippen molar-refractivity contribution in [1.29, 1.82) is 0 Å². The minimum atomic E-state index is 0.681.